The zero-order chi connectivity index (χ0) is 21.5. The predicted molar refractivity (Wildman–Crippen MR) is 119 cm³/mol. The molecule has 0 aromatic heterocycles. The lowest BCUT2D eigenvalue weighted by atomic mass is 10.0. The van der Waals surface area contributed by atoms with E-state index in [1.165, 1.54) is 17.7 Å². The van der Waals surface area contributed by atoms with Crippen molar-refractivity contribution >= 4 is 0 Å². The zero-order valence-corrected chi connectivity index (χ0v) is 18.2. The van der Waals surface area contributed by atoms with Crippen LogP contribution in [0.2, 0.25) is 0 Å². The third-order valence-electron chi connectivity index (χ3n) is 5.82. The van der Waals surface area contributed by atoms with Crippen LogP contribution in [0.25, 0.3) is 0 Å². The van der Waals surface area contributed by atoms with Crippen molar-refractivity contribution in [3.05, 3.63) is 77.5 Å². The van der Waals surface area contributed by atoms with Crippen molar-refractivity contribution in [3.63, 3.8) is 0 Å². The van der Waals surface area contributed by atoms with Gasteiger partial charge in [-0.1, -0.05) is 23.8 Å². The maximum absolute atomic E-state index is 13.2. The van der Waals surface area contributed by atoms with Gasteiger partial charge in [0.15, 0.2) is 6.26 Å². The lowest BCUT2D eigenvalue weighted by molar-refractivity contribution is 0.0806. The van der Waals surface area contributed by atoms with E-state index >= 15 is 0 Å². The summed E-state index contributed by atoms with van der Waals surface area (Å²) < 4.78 is 30.7. The molecular weight excluding hydrogens is 395 g/mol. The molecule has 5 nitrogen and oxygen atoms in total. The van der Waals surface area contributed by atoms with Crippen LogP contribution in [0.4, 0.5) is 4.39 Å². The smallest absolute Gasteiger partial charge is 0.231 e. The van der Waals surface area contributed by atoms with Gasteiger partial charge in [-0.05, 0) is 49.9 Å². The fourth-order valence-electron chi connectivity index (χ4n) is 4.00. The summed E-state index contributed by atoms with van der Waals surface area (Å²) in [6.45, 7) is 7.26. The van der Waals surface area contributed by atoms with Crippen LogP contribution < -0.4 is 4.74 Å². The Morgan fingerprint density at radius 1 is 1.10 bits per heavy atom. The molecule has 1 fully saturated rings. The van der Waals surface area contributed by atoms with Gasteiger partial charge in [0.2, 0.25) is 5.88 Å². The van der Waals surface area contributed by atoms with Gasteiger partial charge in [-0.15, -0.1) is 0 Å². The van der Waals surface area contributed by atoms with E-state index in [0.29, 0.717) is 6.61 Å². The lowest BCUT2D eigenvalue weighted by Gasteiger charge is -2.36. The molecule has 1 aromatic carbocycles. The average molecular weight is 427 g/mol. The summed E-state index contributed by atoms with van der Waals surface area (Å²) in [4.78, 5) is 4.66. The number of hydrogen-bond donors (Lipinski definition) is 0. The maximum Gasteiger partial charge on any atom is 0.231 e. The number of hydrogen-bond acceptors (Lipinski definition) is 5. The summed E-state index contributed by atoms with van der Waals surface area (Å²) in [5.41, 5.74) is 2.21. The normalized spacial score (nSPS) is 19.2. The molecule has 0 amide bonds. The molecule has 4 rings (SSSR count). The van der Waals surface area contributed by atoms with Crippen LogP contribution in [0.5, 0.6) is 5.75 Å². The van der Waals surface area contributed by atoms with Gasteiger partial charge in [0, 0.05) is 39.1 Å². The van der Waals surface area contributed by atoms with Gasteiger partial charge in [-0.3, -0.25) is 4.90 Å². The van der Waals surface area contributed by atoms with Crippen LogP contribution in [0.3, 0.4) is 0 Å². The van der Waals surface area contributed by atoms with Crippen molar-refractivity contribution in [2.45, 2.75) is 32.6 Å². The number of nitrogens with zero attached hydrogens (tertiary/aromatic N) is 2. The van der Waals surface area contributed by atoms with Crippen LogP contribution in [-0.4, -0.2) is 49.1 Å². The highest BCUT2D eigenvalue weighted by Gasteiger charge is 2.22. The first-order valence-corrected chi connectivity index (χ1v) is 11.1. The quantitative estimate of drug-likeness (QED) is 0.554. The molecule has 2 aliphatic heterocycles. The molecule has 2 heterocycles. The largest absolute Gasteiger partial charge is 0.493 e. The monoisotopic (exact) mass is 426 g/mol. The Labute approximate surface area is 184 Å². The first-order chi connectivity index (χ1) is 15.2. The van der Waals surface area contributed by atoms with Crippen molar-refractivity contribution < 1.29 is 18.6 Å². The number of benzene rings is 1. The van der Waals surface area contributed by atoms with Gasteiger partial charge in [-0.25, -0.2) is 4.39 Å². The number of piperazine rings is 1. The van der Waals surface area contributed by atoms with Crippen LogP contribution in [0, 0.1) is 12.7 Å². The molecule has 0 N–H and O–H groups in total. The van der Waals surface area contributed by atoms with Crippen molar-refractivity contribution in [3.8, 4) is 5.75 Å². The van der Waals surface area contributed by atoms with E-state index in [9.17, 15) is 4.39 Å². The molecule has 3 aliphatic rings. The Balaban J connectivity index is 1.13. The SMILES string of the molecule is Cc1cc(F)ccc1OCCCN1CCN(C2=COC(CC3=CC=CCC3)=CO2)CC1. The van der Waals surface area contributed by atoms with E-state index in [0.717, 1.165) is 81.4 Å². The van der Waals surface area contributed by atoms with Crippen molar-refractivity contribution in [2.75, 3.05) is 39.3 Å². The van der Waals surface area contributed by atoms with Crippen molar-refractivity contribution in [2.24, 2.45) is 0 Å². The summed E-state index contributed by atoms with van der Waals surface area (Å²) >= 11 is 0. The highest BCUT2D eigenvalue weighted by Crippen LogP contribution is 2.25. The molecule has 0 unspecified atom stereocenters. The molecule has 0 radical (unpaired) electrons. The first-order valence-electron chi connectivity index (χ1n) is 11.1. The number of rotatable bonds is 8. The van der Waals surface area contributed by atoms with Crippen LogP contribution in [-0.2, 0) is 9.47 Å². The molecule has 0 bridgehead atoms. The number of ether oxygens (including phenoxy) is 3. The molecule has 31 heavy (non-hydrogen) atoms. The number of aryl methyl sites for hydroxylation is 1. The summed E-state index contributed by atoms with van der Waals surface area (Å²) in [6, 6.07) is 4.64. The maximum atomic E-state index is 13.2. The third kappa shape index (κ3) is 6.14. The van der Waals surface area contributed by atoms with E-state index in [4.69, 9.17) is 14.2 Å². The molecule has 1 aromatic rings. The van der Waals surface area contributed by atoms with Gasteiger partial charge in [0.1, 0.15) is 23.6 Å². The third-order valence-corrected chi connectivity index (χ3v) is 5.82. The molecule has 0 atom stereocenters. The van der Waals surface area contributed by atoms with Crippen LogP contribution in [0.15, 0.2) is 66.2 Å². The topological polar surface area (TPSA) is 34.2 Å². The Morgan fingerprint density at radius 3 is 2.68 bits per heavy atom. The fourth-order valence-corrected chi connectivity index (χ4v) is 4.00. The summed E-state index contributed by atoms with van der Waals surface area (Å²) in [5, 5.41) is 0. The second kappa shape index (κ2) is 10.5. The average Bonchev–Trinajstić information content (AvgIpc) is 2.80. The van der Waals surface area contributed by atoms with Gasteiger partial charge < -0.3 is 19.1 Å². The Kier molecular flexibility index (Phi) is 7.30. The minimum Gasteiger partial charge on any atom is -0.493 e. The molecule has 6 heteroatoms. The predicted octanol–water partition coefficient (Wildman–Crippen LogP) is 4.87. The van der Waals surface area contributed by atoms with E-state index in [2.05, 4.69) is 28.0 Å². The summed E-state index contributed by atoms with van der Waals surface area (Å²) in [7, 11) is 0. The first kappa shape index (κ1) is 21.5. The molecule has 166 valence electrons. The molecule has 1 aliphatic carbocycles. The van der Waals surface area contributed by atoms with Gasteiger partial charge in [-0.2, -0.15) is 0 Å². The zero-order valence-electron chi connectivity index (χ0n) is 18.2. The van der Waals surface area contributed by atoms with E-state index in [-0.39, 0.29) is 5.82 Å². The van der Waals surface area contributed by atoms with Crippen molar-refractivity contribution in [1.29, 1.82) is 0 Å². The second-order valence-corrected chi connectivity index (χ2v) is 8.18. The fraction of sp³-hybridized carbons (Fsp3) is 0.440. The van der Waals surface area contributed by atoms with Crippen molar-refractivity contribution in [1.82, 2.24) is 9.80 Å². The molecule has 1 saturated heterocycles. The van der Waals surface area contributed by atoms with Gasteiger partial charge >= 0.3 is 0 Å². The van der Waals surface area contributed by atoms with E-state index in [1.54, 1.807) is 18.6 Å². The number of allylic oxidation sites excluding steroid dienone is 4. The molecule has 0 saturated carbocycles. The highest BCUT2D eigenvalue weighted by atomic mass is 19.1. The summed E-state index contributed by atoms with van der Waals surface area (Å²) in [6.07, 6.45) is 13.9. The number of halogens is 1. The van der Waals surface area contributed by atoms with Gasteiger partial charge in [0.05, 0.1) is 6.61 Å². The Hall–Kier alpha value is -2.73. The highest BCUT2D eigenvalue weighted by molar-refractivity contribution is 5.32. The van der Waals surface area contributed by atoms with E-state index < -0.39 is 0 Å². The second-order valence-electron chi connectivity index (χ2n) is 8.18. The Bertz CT molecular complexity index is 883. The standard InChI is InChI=1S/C25H31FN2O3/c1-20-16-22(26)8-9-24(20)29-15-5-10-27-11-13-28(14-12-27)25-19-30-23(18-31-25)17-21-6-3-2-4-7-21/h2-3,6,8-9,16,18-19H,4-5,7,10-15,17H2,1H3. The van der Waals surface area contributed by atoms with Crippen LogP contribution >= 0.6 is 0 Å². The lowest BCUT2D eigenvalue weighted by Crippen LogP contribution is -2.46. The van der Waals surface area contributed by atoms with Gasteiger partial charge in [0.25, 0.3) is 0 Å². The summed E-state index contributed by atoms with van der Waals surface area (Å²) in [5.74, 6) is 2.18. The minimum atomic E-state index is -0.226. The molecular formula is C25H31FN2O3. The molecule has 0 spiro atoms. The van der Waals surface area contributed by atoms with Crippen LogP contribution in [0.1, 0.15) is 31.2 Å². The minimum absolute atomic E-state index is 0.226. The Morgan fingerprint density at radius 2 is 1.97 bits per heavy atom. The van der Waals surface area contributed by atoms with E-state index in [1.807, 2.05) is 6.92 Å².